The number of rotatable bonds is 16. The Labute approximate surface area is 185 Å². The van der Waals surface area contributed by atoms with Gasteiger partial charge < -0.3 is 17.0 Å². The fraction of sp³-hybridized carbons (Fsp3) is 0.720. The highest BCUT2D eigenvalue weighted by atomic mass is 79.9. The van der Waals surface area contributed by atoms with Crippen molar-refractivity contribution in [1.29, 1.82) is 0 Å². The Morgan fingerprint density at radius 1 is 0.679 bits per heavy atom. The minimum Gasteiger partial charge on any atom is -1.00 e. The molecule has 1 rings (SSSR count). The van der Waals surface area contributed by atoms with Gasteiger partial charge >= 0.3 is 5.91 Å². The van der Waals surface area contributed by atoms with Crippen molar-refractivity contribution in [1.82, 2.24) is 0 Å². The van der Waals surface area contributed by atoms with E-state index in [1.165, 1.54) is 83.5 Å². The van der Waals surface area contributed by atoms with E-state index in [2.05, 4.69) is 6.92 Å². The lowest BCUT2D eigenvalue weighted by Gasteiger charge is -2.26. The number of amides is 1. The quantitative estimate of drug-likeness (QED) is 0.268. The van der Waals surface area contributed by atoms with Crippen molar-refractivity contribution in [2.45, 2.75) is 96.8 Å². The van der Waals surface area contributed by atoms with E-state index in [4.69, 9.17) is 0 Å². The standard InChI is InChI=1S/C25H44NO.BrH/c1-4-5-6-7-8-9-10-11-12-13-14-15-16-20-23-26(2,3)25(27)24-21-18-17-19-22-24;/h17-19,21-22H,4-16,20,23H2,1-3H3;1H/q+1;/p-1. The molecule has 0 atom stereocenters. The summed E-state index contributed by atoms with van der Waals surface area (Å²) in [6.45, 7) is 3.22. The number of carbonyl (C=O) groups excluding carboxylic acids is 1. The van der Waals surface area contributed by atoms with E-state index in [1.807, 2.05) is 44.4 Å². The molecule has 0 aliphatic heterocycles. The van der Waals surface area contributed by atoms with Crippen LogP contribution in [0.1, 0.15) is 107 Å². The lowest BCUT2D eigenvalue weighted by atomic mass is 10.0. The smallest absolute Gasteiger partial charge is 0.345 e. The van der Waals surface area contributed by atoms with Gasteiger partial charge in [-0.15, -0.1) is 0 Å². The van der Waals surface area contributed by atoms with E-state index in [-0.39, 0.29) is 22.9 Å². The predicted molar refractivity (Wildman–Crippen MR) is 118 cm³/mol. The minimum absolute atomic E-state index is 0. The van der Waals surface area contributed by atoms with E-state index in [0.29, 0.717) is 4.48 Å². The highest BCUT2D eigenvalue weighted by Gasteiger charge is 2.26. The van der Waals surface area contributed by atoms with Crippen LogP contribution < -0.4 is 17.0 Å². The zero-order chi connectivity index (χ0) is 19.8. The number of halogens is 1. The molecule has 0 fully saturated rings. The molecule has 1 aromatic carbocycles. The van der Waals surface area contributed by atoms with Crippen molar-refractivity contribution >= 4 is 5.91 Å². The van der Waals surface area contributed by atoms with Crippen molar-refractivity contribution in [2.75, 3.05) is 20.6 Å². The first-order valence-corrected chi connectivity index (χ1v) is 11.5. The van der Waals surface area contributed by atoms with Gasteiger partial charge in [0.1, 0.15) is 0 Å². The van der Waals surface area contributed by atoms with Gasteiger partial charge in [-0.25, -0.2) is 4.79 Å². The van der Waals surface area contributed by atoms with Gasteiger partial charge in [-0.2, -0.15) is 0 Å². The number of hydrogen-bond acceptors (Lipinski definition) is 1. The molecule has 0 aliphatic carbocycles. The molecule has 0 aliphatic rings. The lowest BCUT2D eigenvalue weighted by Crippen LogP contribution is -3.00. The number of nitrogens with zero attached hydrogens (tertiary/aromatic N) is 1. The zero-order valence-corrected chi connectivity index (χ0v) is 20.3. The maximum absolute atomic E-state index is 12.6. The SMILES string of the molecule is CCCCCCCCCCCCCCCC[N+](C)(C)C(=O)c1ccccc1.[Br-]. The van der Waals surface area contributed by atoms with Crippen LogP contribution in [0.25, 0.3) is 0 Å². The molecule has 2 nitrogen and oxygen atoms in total. The third-order valence-corrected chi connectivity index (χ3v) is 5.64. The summed E-state index contributed by atoms with van der Waals surface area (Å²) in [5, 5.41) is 0. The zero-order valence-electron chi connectivity index (χ0n) is 18.7. The van der Waals surface area contributed by atoms with Crippen molar-refractivity contribution < 1.29 is 26.3 Å². The second-order valence-electron chi connectivity index (χ2n) is 8.68. The number of unbranched alkanes of at least 4 members (excludes halogenated alkanes) is 13. The minimum atomic E-state index is 0. The molecule has 1 amide bonds. The highest BCUT2D eigenvalue weighted by molar-refractivity contribution is 5.88. The summed E-state index contributed by atoms with van der Waals surface area (Å²) >= 11 is 0. The number of quaternary nitrogens is 1. The molecule has 162 valence electrons. The lowest BCUT2D eigenvalue weighted by molar-refractivity contribution is -0.807. The molecular formula is C25H44BrNO. The molecular weight excluding hydrogens is 410 g/mol. The number of benzene rings is 1. The highest BCUT2D eigenvalue weighted by Crippen LogP contribution is 2.15. The number of carbonyl (C=O) groups is 1. The van der Waals surface area contributed by atoms with Gasteiger partial charge in [0.25, 0.3) is 0 Å². The molecule has 0 heterocycles. The Morgan fingerprint density at radius 2 is 1.07 bits per heavy atom. The van der Waals surface area contributed by atoms with Crippen LogP contribution in [0.2, 0.25) is 0 Å². The second kappa shape index (κ2) is 17.2. The second-order valence-corrected chi connectivity index (χ2v) is 8.68. The maximum Gasteiger partial charge on any atom is 0.345 e. The summed E-state index contributed by atoms with van der Waals surface area (Å²) in [6.07, 6.45) is 19.2. The average Bonchev–Trinajstić information content (AvgIpc) is 2.68. The van der Waals surface area contributed by atoms with Crippen LogP contribution in [0.5, 0.6) is 0 Å². The Balaban J connectivity index is 0.00000729. The van der Waals surface area contributed by atoms with Gasteiger partial charge in [-0.05, 0) is 25.0 Å². The first kappa shape index (κ1) is 27.3. The first-order valence-electron chi connectivity index (χ1n) is 11.5. The molecule has 1 aromatic rings. The summed E-state index contributed by atoms with van der Waals surface area (Å²) in [5.41, 5.74) is 0.827. The molecule has 0 unspecified atom stereocenters. The van der Waals surface area contributed by atoms with Gasteiger partial charge in [0, 0.05) is 0 Å². The van der Waals surface area contributed by atoms with Crippen LogP contribution in [-0.4, -0.2) is 31.0 Å². The Bertz CT molecular complexity index is 487. The summed E-state index contributed by atoms with van der Waals surface area (Å²) in [5.74, 6) is 0.227. The first-order chi connectivity index (χ1) is 13.1. The summed E-state index contributed by atoms with van der Waals surface area (Å²) in [6, 6.07) is 9.70. The topological polar surface area (TPSA) is 17.1 Å². The van der Waals surface area contributed by atoms with Crippen molar-refractivity contribution in [3.8, 4) is 0 Å². The van der Waals surface area contributed by atoms with E-state index in [0.717, 1.165) is 18.5 Å². The third kappa shape index (κ3) is 12.7. The van der Waals surface area contributed by atoms with E-state index in [9.17, 15) is 4.79 Å². The monoisotopic (exact) mass is 453 g/mol. The average molecular weight is 455 g/mol. The fourth-order valence-corrected chi connectivity index (χ4v) is 3.73. The van der Waals surface area contributed by atoms with Crippen LogP contribution in [0.3, 0.4) is 0 Å². The van der Waals surface area contributed by atoms with Crippen molar-refractivity contribution in [3.05, 3.63) is 35.9 Å². The Morgan fingerprint density at radius 3 is 1.50 bits per heavy atom. The van der Waals surface area contributed by atoms with Crippen LogP contribution in [-0.2, 0) is 0 Å². The Kier molecular flexibility index (Phi) is 16.8. The van der Waals surface area contributed by atoms with Gasteiger partial charge in [-0.1, -0.05) is 102 Å². The van der Waals surface area contributed by atoms with Crippen LogP contribution in [0.4, 0.5) is 0 Å². The van der Waals surface area contributed by atoms with Crippen LogP contribution in [0.15, 0.2) is 30.3 Å². The predicted octanol–water partition coefficient (Wildman–Crippen LogP) is 4.39. The Hall–Kier alpha value is -0.670. The van der Waals surface area contributed by atoms with Gasteiger partial charge in [0.05, 0.1) is 26.2 Å². The van der Waals surface area contributed by atoms with Crippen LogP contribution in [0, 0.1) is 0 Å². The third-order valence-electron chi connectivity index (χ3n) is 5.64. The molecule has 3 heteroatoms. The molecule has 0 saturated carbocycles. The van der Waals surface area contributed by atoms with E-state index >= 15 is 0 Å². The number of hydrogen-bond donors (Lipinski definition) is 0. The van der Waals surface area contributed by atoms with E-state index < -0.39 is 0 Å². The molecule has 28 heavy (non-hydrogen) atoms. The van der Waals surface area contributed by atoms with Gasteiger partial charge in [-0.3, -0.25) is 4.48 Å². The molecule has 0 aromatic heterocycles. The van der Waals surface area contributed by atoms with E-state index in [1.54, 1.807) is 0 Å². The maximum atomic E-state index is 12.6. The summed E-state index contributed by atoms with van der Waals surface area (Å²) in [7, 11) is 4.08. The fourth-order valence-electron chi connectivity index (χ4n) is 3.73. The molecule has 0 radical (unpaired) electrons. The molecule has 0 N–H and O–H groups in total. The summed E-state index contributed by atoms with van der Waals surface area (Å²) in [4.78, 5) is 12.6. The normalized spacial score (nSPS) is 11.2. The molecule has 0 bridgehead atoms. The van der Waals surface area contributed by atoms with Crippen molar-refractivity contribution in [3.63, 3.8) is 0 Å². The molecule has 0 spiro atoms. The van der Waals surface area contributed by atoms with Crippen LogP contribution >= 0.6 is 0 Å². The largest absolute Gasteiger partial charge is 1.00 e. The van der Waals surface area contributed by atoms with Gasteiger partial charge in [0.15, 0.2) is 0 Å². The summed E-state index contributed by atoms with van der Waals surface area (Å²) < 4.78 is 0.461. The molecule has 0 saturated heterocycles. The van der Waals surface area contributed by atoms with Crippen molar-refractivity contribution in [2.24, 2.45) is 0 Å². The van der Waals surface area contributed by atoms with Gasteiger partial charge in [0.2, 0.25) is 0 Å².